The predicted octanol–water partition coefficient (Wildman–Crippen LogP) is 4.34. The molecule has 2 aromatic rings. The van der Waals surface area contributed by atoms with Crippen molar-refractivity contribution in [3.8, 4) is 11.3 Å². The molecule has 0 aliphatic heterocycles. The molecule has 0 radical (unpaired) electrons. The van der Waals surface area contributed by atoms with Gasteiger partial charge in [0.25, 0.3) is 0 Å². The Balaban J connectivity index is 2.29. The maximum absolute atomic E-state index is 6.11. The third kappa shape index (κ3) is 3.96. The molecule has 1 N–H and O–H groups in total. The van der Waals surface area contributed by atoms with E-state index in [0.29, 0.717) is 0 Å². The van der Waals surface area contributed by atoms with Crippen LogP contribution in [0.3, 0.4) is 0 Å². The smallest absolute Gasteiger partial charge is 0.0945 e. The number of nitrogens with one attached hydrogen (secondary N) is 1. The summed E-state index contributed by atoms with van der Waals surface area (Å²) in [4.78, 5) is 5.96. The molecule has 0 bridgehead atoms. The Morgan fingerprint density at radius 3 is 3.00 bits per heavy atom. The molecular weight excluding hydrogens is 296 g/mol. The third-order valence-electron chi connectivity index (χ3n) is 2.66. The summed E-state index contributed by atoms with van der Waals surface area (Å²) in [5, 5.41) is 7.20. The van der Waals surface area contributed by atoms with E-state index in [2.05, 4.69) is 23.7 Å². The molecule has 1 aromatic carbocycles. The number of halogens is 1. The van der Waals surface area contributed by atoms with Gasteiger partial charge in [-0.25, -0.2) is 4.98 Å². The second-order valence-electron chi connectivity index (χ2n) is 4.05. The van der Waals surface area contributed by atoms with E-state index in [1.165, 1.54) is 4.90 Å². The van der Waals surface area contributed by atoms with Crippen molar-refractivity contribution < 1.29 is 0 Å². The van der Waals surface area contributed by atoms with Crippen LogP contribution in [0, 0.1) is 0 Å². The standard InChI is InChI=1S/C14H17ClN2S2/c1-3-18-13-5-4-10(15)8-11(13)12-9-19-14(17-12)6-7-16-2/h4-5,8-9,16H,3,6-7H2,1-2H3. The van der Waals surface area contributed by atoms with E-state index in [4.69, 9.17) is 16.6 Å². The normalized spacial score (nSPS) is 10.9. The molecule has 1 aromatic heterocycles. The number of rotatable bonds is 6. The van der Waals surface area contributed by atoms with E-state index < -0.39 is 0 Å². The number of aromatic nitrogens is 1. The van der Waals surface area contributed by atoms with E-state index in [0.717, 1.165) is 40.0 Å². The fraction of sp³-hybridized carbons (Fsp3) is 0.357. The Morgan fingerprint density at radius 2 is 2.26 bits per heavy atom. The van der Waals surface area contributed by atoms with Gasteiger partial charge in [0, 0.05) is 33.8 Å². The van der Waals surface area contributed by atoms with Gasteiger partial charge in [0.2, 0.25) is 0 Å². The minimum absolute atomic E-state index is 0.764. The van der Waals surface area contributed by atoms with Gasteiger partial charge >= 0.3 is 0 Å². The second kappa shape index (κ2) is 7.29. The number of hydrogen-bond donors (Lipinski definition) is 1. The quantitative estimate of drug-likeness (QED) is 0.803. The van der Waals surface area contributed by atoms with Gasteiger partial charge in [0.1, 0.15) is 0 Å². The van der Waals surface area contributed by atoms with Crippen LogP contribution in [-0.4, -0.2) is 24.3 Å². The highest BCUT2D eigenvalue weighted by atomic mass is 35.5. The number of nitrogens with zero attached hydrogens (tertiary/aromatic N) is 1. The molecule has 5 heteroatoms. The number of hydrogen-bond acceptors (Lipinski definition) is 4. The van der Waals surface area contributed by atoms with Gasteiger partial charge < -0.3 is 5.32 Å². The molecule has 0 unspecified atom stereocenters. The van der Waals surface area contributed by atoms with Crippen LogP contribution in [0.5, 0.6) is 0 Å². The third-order valence-corrected chi connectivity index (χ3v) is 4.76. The molecule has 0 spiro atoms. The van der Waals surface area contributed by atoms with Crippen LogP contribution in [0.1, 0.15) is 11.9 Å². The molecule has 0 aliphatic carbocycles. The minimum Gasteiger partial charge on any atom is -0.319 e. The van der Waals surface area contributed by atoms with E-state index in [9.17, 15) is 0 Å². The Bertz CT molecular complexity index is 540. The van der Waals surface area contributed by atoms with Crippen LogP contribution in [0.4, 0.5) is 0 Å². The number of thiazole rings is 1. The fourth-order valence-corrected chi connectivity index (χ4v) is 3.53. The topological polar surface area (TPSA) is 24.9 Å². The summed E-state index contributed by atoms with van der Waals surface area (Å²) in [6, 6.07) is 6.03. The van der Waals surface area contributed by atoms with Gasteiger partial charge in [0.05, 0.1) is 10.7 Å². The van der Waals surface area contributed by atoms with Crippen LogP contribution in [0.25, 0.3) is 11.3 Å². The van der Waals surface area contributed by atoms with E-state index in [1.54, 1.807) is 11.3 Å². The first kappa shape index (κ1) is 14.9. The van der Waals surface area contributed by atoms with Gasteiger partial charge in [0.15, 0.2) is 0 Å². The van der Waals surface area contributed by atoms with Gasteiger partial charge in [-0.3, -0.25) is 0 Å². The lowest BCUT2D eigenvalue weighted by molar-refractivity contribution is 0.788. The van der Waals surface area contributed by atoms with E-state index in [1.807, 2.05) is 30.9 Å². The first-order chi connectivity index (χ1) is 9.24. The maximum atomic E-state index is 6.11. The van der Waals surface area contributed by atoms with Gasteiger partial charge in [-0.05, 0) is 31.0 Å². The summed E-state index contributed by atoms with van der Waals surface area (Å²) in [5.74, 6) is 1.05. The lowest BCUT2D eigenvalue weighted by atomic mass is 10.2. The average molecular weight is 313 g/mol. The summed E-state index contributed by atoms with van der Waals surface area (Å²) in [7, 11) is 1.96. The van der Waals surface area contributed by atoms with Crippen molar-refractivity contribution in [1.29, 1.82) is 0 Å². The largest absolute Gasteiger partial charge is 0.319 e. The first-order valence-electron chi connectivity index (χ1n) is 6.26. The van der Waals surface area contributed by atoms with Gasteiger partial charge in [-0.2, -0.15) is 0 Å². The minimum atomic E-state index is 0.764. The van der Waals surface area contributed by atoms with Crippen LogP contribution >= 0.6 is 34.7 Å². The van der Waals surface area contributed by atoms with E-state index in [-0.39, 0.29) is 0 Å². The SMILES string of the molecule is CCSc1ccc(Cl)cc1-c1csc(CCNC)n1. The van der Waals surface area contributed by atoms with Crippen LogP contribution < -0.4 is 5.32 Å². The highest BCUT2D eigenvalue weighted by Crippen LogP contribution is 2.34. The highest BCUT2D eigenvalue weighted by Gasteiger charge is 2.10. The molecule has 102 valence electrons. The fourth-order valence-electron chi connectivity index (χ4n) is 1.77. The van der Waals surface area contributed by atoms with Crippen LogP contribution in [0.2, 0.25) is 5.02 Å². The molecule has 19 heavy (non-hydrogen) atoms. The zero-order chi connectivity index (χ0) is 13.7. The number of likely N-dealkylation sites (N-methyl/N-ethyl adjacent to an activating group) is 1. The zero-order valence-electron chi connectivity index (χ0n) is 11.1. The van der Waals surface area contributed by atoms with Crippen LogP contribution in [-0.2, 0) is 6.42 Å². The summed E-state index contributed by atoms with van der Waals surface area (Å²) in [6.45, 7) is 3.11. The maximum Gasteiger partial charge on any atom is 0.0945 e. The summed E-state index contributed by atoms with van der Waals surface area (Å²) >= 11 is 9.65. The van der Waals surface area contributed by atoms with Crippen molar-refractivity contribution in [2.75, 3.05) is 19.3 Å². The molecule has 2 nitrogen and oxygen atoms in total. The van der Waals surface area contributed by atoms with Crippen LogP contribution in [0.15, 0.2) is 28.5 Å². The molecule has 0 amide bonds. The Hall–Kier alpha value is -0.550. The summed E-state index contributed by atoms with van der Waals surface area (Å²) in [6.07, 6.45) is 0.970. The summed E-state index contributed by atoms with van der Waals surface area (Å²) in [5.41, 5.74) is 2.18. The lowest BCUT2D eigenvalue weighted by Crippen LogP contribution is -2.09. The van der Waals surface area contributed by atoms with Crippen molar-refractivity contribution in [2.24, 2.45) is 0 Å². The molecule has 2 rings (SSSR count). The van der Waals surface area contributed by atoms with Crippen molar-refractivity contribution in [3.63, 3.8) is 0 Å². The first-order valence-corrected chi connectivity index (χ1v) is 8.50. The molecule has 0 atom stereocenters. The van der Waals surface area contributed by atoms with Crippen molar-refractivity contribution in [2.45, 2.75) is 18.2 Å². The monoisotopic (exact) mass is 312 g/mol. The Kier molecular flexibility index (Phi) is 5.70. The molecule has 0 saturated carbocycles. The molecule has 0 aliphatic rings. The van der Waals surface area contributed by atoms with Crippen molar-refractivity contribution >= 4 is 34.7 Å². The van der Waals surface area contributed by atoms with Crippen molar-refractivity contribution in [1.82, 2.24) is 10.3 Å². The summed E-state index contributed by atoms with van der Waals surface area (Å²) < 4.78 is 0. The molecule has 0 saturated heterocycles. The average Bonchev–Trinajstić information content (AvgIpc) is 2.87. The highest BCUT2D eigenvalue weighted by molar-refractivity contribution is 7.99. The molecule has 0 fully saturated rings. The van der Waals surface area contributed by atoms with E-state index >= 15 is 0 Å². The second-order valence-corrected chi connectivity index (χ2v) is 6.74. The Morgan fingerprint density at radius 1 is 1.42 bits per heavy atom. The predicted molar refractivity (Wildman–Crippen MR) is 86.6 cm³/mol. The number of thioether (sulfide) groups is 1. The Labute approximate surface area is 127 Å². The number of benzene rings is 1. The molecular formula is C14H17ClN2S2. The lowest BCUT2D eigenvalue weighted by Gasteiger charge is -2.06. The zero-order valence-corrected chi connectivity index (χ0v) is 13.5. The van der Waals surface area contributed by atoms with Crippen molar-refractivity contribution in [3.05, 3.63) is 33.6 Å². The molecule has 1 heterocycles. The van der Waals surface area contributed by atoms with Gasteiger partial charge in [-0.15, -0.1) is 23.1 Å². The van der Waals surface area contributed by atoms with Gasteiger partial charge in [-0.1, -0.05) is 18.5 Å².